The Morgan fingerprint density at radius 1 is 0.272 bits per heavy atom. The molecule has 0 unspecified atom stereocenters. The molecule has 0 bridgehead atoms. The summed E-state index contributed by atoms with van der Waals surface area (Å²) in [5.41, 5.74) is 25.1. The minimum absolute atomic E-state index is 0.305. The Labute approximate surface area is 533 Å². The molecule has 0 saturated heterocycles. The minimum atomic E-state index is -4.71. The van der Waals surface area contributed by atoms with Gasteiger partial charge in [0.25, 0.3) is 0 Å². The second-order valence-corrected chi connectivity index (χ2v) is 24.9. The number of rotatable bonds is 10. The van der Waals surface area contributed by atoms with Gasteiger partial charge < -0.3 is 9.13 Å². The van der Waals surface area contributed by atoms with E-state index in [1.165, 1.54) is 45.5 Å². The molecule has 0 spiro atoms. The molecule has 0 N–H and O–H groups in total. The molecule has 446 valence electrons. The molecule has 0 saturated carbocycles. The molecular weight excluding hydrogens is 1140 g/mol. The third-order valence-electron chi connectivity index (χ3n) is 18.4. The number of hydrogen-bond acceptors (Lipinski definition) is 3. The van der Waals surface area contributed by atoms with Gasteiger partial charge in [-0.2, -0.15) is 13.2 Å². The Morgan fingerprint density at radius 3 is 1.00 bits per heavy atom. The van der Waals surface area contributed by atoms with Gasteiger partial charge in [0.15, 0.2) is 17.5 Å². The van der Waals surface area contributed by atoms with Gasteiger partial charge in [-0.1, -0.05) is 180 Å². The number of benzene rings is 12. The van der Waals surface area contributed by atoms with Gasteiger partial charge in [-0.25, -0.2) is 15.0 Å². The molecule has 0 radical (unpaired) electrons. The van der Waals surface area contributed by atoms with Crippen molar-refractivity contribution in [2.45, 2.75) is 61.6 Å². The lowest BCUT2D eigenvalue weighted by atomic mass is 9.94. The van der Waals surface area contributed by atoms with E-state index in [4.69, 9.17) is 15.0 Å². The Balaban J connectivity index is 1.05. The molecule has 5 nitrogen and oxygen atoms in total. The van der Waals surface area contributed by atoms with Crippen LogP contribution in [0.25, 0.3) is 145 Å². The Bertz CT molecular complexity index is 5200. The first-order valence-electron chi connectivity index (χ1n) is 31.2. The fourth-order valence-electron chi connectivity index (χ4n) is 13.9. The van der Waals surface area contributed by atoms with Gasteiger partial charge in [0.2, 0.25) is 0 Å². The Hall–Kier alpha value is -11.0. The summed E-state index contributed by atoms with van der Waals surface area (Å²) in [6.45, 7) is 17.0. The van der Waals surface area contributed by atoms with E-state index in [1.807, 2.05) is 72.8 Å². The molecule has 0 fully saturated rings. The van der Waals surface area contributed by atoms with E-state index in [0.29, 0.717) is 39.9 Å². The number of fused-ring (bicyclic) bond motifs is 6. The lowest BCUT2D eigenvalue weighted by Gasteiger charge is -2.20. The van der Waals surface area contributed by atoms with Crippen LogP contribution in [-0.2, 0) is 6.18 Å². The average Bonchev–Trinajstić information content (AvgIpc) is 1.54. The molecule has 3 heterocycles. The third kappa shape index (κ3) is 10.2. The molecule has 12 aromatic carbocycles. The summed E-state index contributed by atoms with van der Waals surface area (Å²) in [6.07, 6.45) is -4.71. The van der Waals surface area contributed by atoms with Crippen LogP contribution in [-0.4, -0.2) is 24.1 Å². The second kappa shape index (κ2) is 22.5. The maximum Gasteiger partial charge on any atom is 0.416 e. The predicted molar refractivity (Wildman–Crippen MR) is 375 cm³/mol. The highest BCUT2D eigenvalue weighted by molar-refractivity contribution is 6.14. The zero-order valence-corrected chi connectivity index (χ0v) is 52.5. The average molecular weight is 1200 g/mol. The van der Waals surface area contributed by atoms with Crippen LogP contribution in [0, 0.1) is 55.4 Å². The maximum atomic E-state index is 15.9. The van der Waals surface area contributed by atoms with Crippen molar-refractivity contribution in [2.75, 3.05) is 0 Å². The van der Waals surface area contributed by atoms with Gasteiger partial charge in [0.05, 0.1) is 33.3 Å². The van der Waals surface area contributed by atoms with Crippen molar-refractivity contribution in [3.63, 3.8) is 0 Å². The molecular formula is C84H64F3N5. The van der Waals surface area contributed by atoms with E-state index in [1.54, 1.807) is 6.07 Å². The summed E-state index contributed by atoms with van der Waals surface area (Å²) in [5.74, 6) is 1.16. The topological polar surface area (TPSA) is 48.5 Å². The third-order valence-corrected chi connectivity index (χ3v) is 18.4. The fraction of sp³-hybridized carbons (Fsp3) is 0.107. The van der Waals surface area contributed by atoms with Crippen LogP contribution in [0.15, 0.2) is 243 Å². The molecule has 0 atom stereocenters. The molecule has 0 aliphatic carbocycles. The zero-order chi connectivity index (χ0) is 63.3. The normalized spacial score (nSPS) is 11.9. The van der Waals surface area contributed by atoms with Gasteiger partial charge in [-0.15, -0.1) is 0 Å². The first-order chi connectivity index (χ1) is 44.5. The lowest BCUT2D eigenvalue weighted by Crippen LogP contribution is -2.08. The van der Waals surface area contributed by atoms with Crippen LogP contribution in [0.5, 0.6) is 0 Å². The van der Waals surface area contributed by atoms with Gasteiger partial charge in [0.1, 0.15) is 0 Å². The highest BCUT2D eigenvalue weighted by atomic mass is 19.4. The van der Waals surface area contributed by atoms with Crippen molar-refractivity contribution in [1.82, 2.24) is 24.1 Å². The smallest absolute Gasteiger partial charge is 0.309 e. The monoisotopic (exact) mass is 1200 g/mol. The van der Waals surface area contributed by atoms with E-state index in [2.05, 4.69) is 216 Å². The molecule has 0 aliphatic heterocycles. The molecule has 8 heteroatoms. The van der Waals surface area contributed by atoms with E-state index in [0.717, 1.165) is 116 Å². The van der Waals surface area contributed by atoms with Crippen LogP contribution in [0.2, 0.25) is 0 Å². The van der Waals surface area contributed by atoms with Crippen LogP contribution < -0.4 is 0 Å². The number of alkyl halides is 3. The first-order valence-corrected chi connectivity index (χ1v) is 31.2. The molecule has 92 heavy (non-hydrogen) atoms. The summed E-state index contributed by atoms with van der Waals surface area (Å²) in [5, 5.41) is 4.01. The zero-order valence-electron chi connectivity index (χ0n) is 52.5. The number of hydrogen-bond donors (Lipinski definition) is 0. The first kappa shape index (κ1) is 57.5. The number of halogens is 3. The van der Waals surface area contributed by atoms with Crippen molar-refractivity contribution in [1.29, 1.82) is 0 Å². The molecule has 15 aromatic rings. The van der Waals surface area contributed by atoms with Crippen molar-refractivity contribution in [3.05, 3.63) is 293 Å². The van der Waals surface area contributed by atoms with Crippen LogP contribution in [0.3, 0.4) is 0 Å². The van der Waals surface area contributed by atoms with Crippen molar-refractivity contribution < 1.29 is 13.2 Å². The Kier molecular flexibility index (Phi) is 14.1. The van der Waals surface area contributed by atoms with Gasteiger partial charge in [0, 0.05) is 49.5 Å². The van der Waals surface area contributed by atoms with Crippen LogP contribution >= 0.6 is 0 Å². The summed E-state index contributed by atoms with van der Waals surface area (Å²) >= 11 is 0. The van der Waals surface area contributed by atoms with E-state index < -0.39 is 11.7 Å². The van der Waals surface area contributed by atoms with E-state index in [-0.39, 0.29) is 0 Å². The quantitative estimate of drug-likeness (QED) is 0.137. The van der Waals surface area contributed by atoms with Gasteiger partial charge >= 0.3 is 6.18 Å². The summed E-state index contributed by atoms with van der Waals surface area (Å²) in [7, 11) is 0. The van der Waals surface area contributed by atoms with Gasteiger partial charge in [-0.3, -0.25) is 0 Å². The van der Waals surface area contributed by atoms with Crippen LogP contribution in [0.1, 0.15) is 50.1 Å². The summed E-state index contributed by atoms with van der Waals surface area (Å²) in [4.78, 5) is 15.7. The summed E-state index contributed by atoms with van der Waals surface area (Å²) < 4.78 is 52.1. The van der Waals surface area contributed by atoms with Crippen LogP contribution in [0.4, 0.5) is 13.2 Å². The standard InChI is InChI=1S/C84H64F3N5/c1-49-19-29-65(53(5)39-49)59-23-34-76-71(43-59)72-44-60(66-30-20-50(2)40-54(66)6)24-35-77(72)91(76)64-28-33-69(83-89-81(57-15-11-9-12-16-57)88-82(90-83)58-17-13-10-14-18-58)70(48-64)75-47-63(84(85,86)87)27-38-80(75)92-78-36-25-61(67-31-21-51(3)41-55(67)7)45-73(78)74-46-62(26-37-79(74)92)68-32-22-52(4)42-56(68)8/h9-48H,1-8H3. The molecule has 15 rings (SSSR count). The van der Waals surface area contributed by atoms with E-state index in [9.17, 15) is 0 Å². The SMILES string of the molecule is Cc1ccc(-c2ccc3c(c2)c2cc(-c4ccc(C)cc4C)ccc2n3-c2ccc(-c3nc(-c4ccccc4)nc(-c4ccccc4)n3)c(-c3cc(C(F)(F)F)ccc3-n3c4ccc(-c5ccc(C)cc5C)cc4c4cc(-c5ccc(C)cc5C)ccc43)c2)c(C)c1. The molecule has 3 aromatic heterocycles. The number of nitrogens with zero attached hydrogens (tertiary/aromatic N) is 5. The maximum absolute atomic E-state index is 15.9. The minimum Gasteiger partial charge on any atom is -0.309 e. The van der Waals surface area contributed by atoms with Crippen molar-refractivity contribution in [3.8, 4) is 101 Å². The van der Waals surface area contributed by atoms with Crippen molar-refractivity contribution in [2.24, 2.45) is 0 Å². The number of aryl methyl sites for hydroxylation is 8. The van der Waals surface area contributed by atoms with E-state index >= 15 is 13.2 Å². The Morgan fingerprint density at radius 2 is 0.630 bits per heavy atom. The highest BCUT2D eigenvalue weighted by Crippen LogP contribution is 2.47. The largest absolute Gasteiger partial charge is 0.416 e. The predicted octanol–water partition coefficient (Wildman–Crippen LogP) is 22.9. The fourth-order valence-corrected chi connectivity index (χ4v) is 13.9. The lowest BCUT2D eigenvalue weighted by molar-refractivity contribution is -0.137. The second-order valence-electron chi connectivity index (χ2n) is 24.9. The highest BCUT2D eigenvalue weighted by Gasteiger charge is 2.33. The summed E-state index contributed by atoms with van der Waals surface area (Å²) in [6, 6.07) is 82.3. The number of aromatic nitrogens is 5. The van der Waals surface area contributed by atoms with Crippen molar-refractivity contribution >= 4 is 43.6 Å². The van der Waals surface area contributed by atoms with Gasteiger partial charge in [-0.05, 0) is 213 Å². The molecule has 0 aliphatic rings. The molecule has 0 amide bonds.